The minimum absolute atomic E-state index is 0.0275. The van der Waals surface area contributed by atoms with E-state index in [0.29, 0.717) is 18.1 Å². The molecule has 0 fully saturated rings. The SMILES string of the molecule is CCC(C(C)=O)c1nc(-c2coc3ccccc23)no1. The number of carbonyl (C=O) groups excluding carboxylic acids is 1. The van der Waals surface area contributed by atoms with Crippen molar-refractivity contribution in [2.75, 3.05) is 0 Å². The molecule has 0 aliphatic rings. The van der Waals surface area contributed by atoms with Gasteiger partial charge in [0.05, 0.1) is 11.5 Å². The van der Waals surface area contributed by atoms with Gasteiger partial charge in [0, 0.05) is 5.39 Å². The lowest BCUT2D eigenvalue weighted by molar-refractivity contribution is -0.119. The molecule has 0 amide bonds. The van der Waals surface area contributed by atoms with E-state index in [1.165, 1.54) is 6.92 Å². The molecule has 0 radical (unpaired) electrons. The number of fused-ring (bicyclic) bond motifs is 1. The van der Waals surface area contributed by atoms with Gasteiger partial charge >= 0.3 is 0 Å². The topological polar surface area (TPSA) is 69.1 Å². The summed E-state index contributed by atoms with van der Waals surface area (Å²) in [6.45, 7) is 3.45. The van der Waals surface area contributed by atoms with E-state index in [-0.39, 0.29) is 11.7 Å². The zero-order chi connectivity index (χ0) is 14.1. The van der Waals surface area contributed by atoms with Crippen LogP contribution in [0.3, 0.4) is 0 Å². The first-order valence-electron chi connectivity index (χ1n) is 6.51. The first-order valence-corrected chi connectivity index (χ1v) is 6.51. The van der Waals surface area contributed by atoms with E-state index in [2.05, 4.69) is 10.1 Å². The zero-order valence-electron chi connectivity index (χ0n) is 11.3. The Kier molecular flexibility index (Phi) is 3.10. The van der Waals surface area contributed by atoms with E-state index in [4.69, 9.17) is 8.94 Å². The summed E-state index contributed by atoms with van der Waals surface area (Å²) in [5, 5.41) is 4.89. The van der Waals surface area contributed by atoms with Crippen molar-refractivity contribution < 1.29 is 13.7 Å². The fourth-order valence-corrected chi connectivity index (χ4v) is 2.27. The minimum Gasteiger partial charge on any atom is -0.464 e. The van der Waals surface area contributed by atoms with Crippen LogP contribution < -0.4 is 0 Å². The molecule has 3 rings (SSSR count). The summed E-state index contributed by atoms with van der Waals surface area (Å²) < 4.78 is 10.7. The lowest BCUT2D eigenvalue weighted by Crippen LogP contribution is -2.07. The second kappa shape index (κ2) is 4.92. The molecule has 1 aromatic carbocycles. The van der Waals surface area contributed by atoms with E-state index in [1.54, 1.807) is 6.26 Å². The summed E-state index contributed by atoms with van der Waals surface area (Å²) in [7, 11) is 0. The molecule has 0 spiro atoms. The number of rotatable bonds is 4. The number of ketones is 1. The van der Waals surface area contributed by atoms with E-state index in [9.17, 15) is 4.79 Å². The molecule has 0 bridgehead atoms. The summed E-state index contributed by atoms with van der Waals surface area (Å²) >= 11 is 0. The Morgan fingerprint density at radius 1 is 1.35 bits per heavy atom. The average Bonchev–Trinajstić information content (AvgIpc) is 3.05. The lowest BCUT2D eigenvalue weighted by atomic mass is 10.0. The van der Waals surface area contributed by atoms with Crippen LogP contribution in [0.4, 0.5) is 0 Å². The van der Waals surface area contributed by atoms with Crippen molar-refractivity contribution in [2.24, 2.45) is 0 Å². The largest absolute Gasteiger partial charge is 0.464 e. The molecule has 2 heterocycles. The third kappa shape index (κ3) is 2.01. The molecule has 0 saturated carbocycles. The summed E-state index contributed by atoms with van der Waals surface area (Å²) in [6.07, 6.45) is 2.25. The first-order chi connectivity index (χ1) is 9.70. The monoisotopic (exact) mass is 270 g/mol. The highest BCUT2D eigenvalue weighted by molar-refractivity contribution is 5.92. The molecule has 102 valence electrons. The maximum Gasteiger partial charge on any atom is 0.237 e. The maximum absolute atomic E-state index is 11.5. The molecule has 1 unspecified atom stereocenters. The van der Waals surface area contributed by atoms with E-state index in [0.717, 1.165) is 16.5 Å². The standard InChI is InChI=1S/C15H14N2O3/c1-3-10(9(2)18)15-16-14(17-20-15)12-8-19-13-7-5-4-6-11(12)13/h4-8,10H,3H2,1-2H3. The van der Waals surface area contributed by atoms with Crippen molar-refractivity contribution in [3.63, 3.8) is 0 Å². The van der Waals surface area contributed by atoms with E-state index < -0.39 is 0 Å². The molecule has 0 aliphatic heterocycles. The van der Waals surface area contributed by atoms with Gasteiger partial charge in [-0.2, -0.15) is 4.98 Å². The second-order valence-corrected chi connectivity index (χ2v) is 4.67. The molecular formula is C15H14N2O3. The Morgan fingerprint density at radius 2 is 2.15 bits per heavy atom. The number of furan rings is 1. The number of hydrogen-bond donors (Lipinski definition) is 0. The van der Waals surface area contributed by atoms with Gasteiger partial charge in [-0.1, -0.05) is 30.3 Å². The number of para-hydroxylation sites is 1. The van der Waals surface area contributed by atoms with Crippen molar-refractivity contribution in [3.05, 3.63) is 36.4 Å². The number of benzene rings is 1. The van der Waals surface area contributed by atoms with E-state index >= 15 is 0 Å². The molecule has 0 aliphatic carbocycles. The summed E-state index contributed by atoms with van der Waals surface area (Å²) in [6, 6.07) is 7.64. The maximum atomic E-state index is 11.5. The first kappa shape index (κ1) is 12.6. The third-order valence-electron chi connectivity index (χ3n) is 3.36. The molecule has 1 atom stereocenters. The Bertz CT molecular complexity index is 757. The Hall–Kier alpha value is -2.43. The molecule has 2 aromatic heterocycles. The number of Topliss-reactive ketones (excluding diaryl/α,β-unsaturated/α-hetero) is 1. The second-order valence-electron chi connectivity index (χ2n) is 4.67. The van der Waals surface area contributed by atoms with Crippen LogP contribution in [-0.4, -0.2) is 15.9 Å². The van der Waals surface area contributed by atoms with Crippen LogP contribution in [0.2, 0.25) is 0 Å². The zero-order valence-corrected chi connectivity index (χ0v) is 11.3. The van der Waals surface area contributed by atoms with Crippen LogP contribution in [0.15, 0.2) is 39.5 Å². The van der Waals surface area contributed by atoms with Crippen molar-refractivity contribution in [1.29, 1.82) is 0 Å². The third-order valence-corrected chi connectivity index (χ3v) is 3.36. The molecule has 5 nitrogen and oxygen atoms in total. The number of nitrogens with zero attached hydrogens (tertiary/aromatic N) is 2. The number of carbonyl (C=O) groups is 1. The van der Waals surface area contributed by atoms with Crippen molar-refractivity contribution >= 4 is 16.8 Å². The van der Waals surface area contributed by atoms with Gasteiger partial charge < -0.3 is 8.94 Å². The molecule has 0 N–H and O–H groups in total. The summed E-state index contributed by atoms with van der Waals surface area (Å²) in [5.41, 5.74) is 1.54. The molecule has 3 aromatic rings. The van der Waals surface area contributed by atoms with Gasteiger partial charge in [0.15, 0.2) is 0 Å². The highest BCUT2D eigenvalue weighted by Crippen LogP contribution is 2.29. The fraction of sp³-hybridized carbons (Fsp3) is 0.267. The van der Waals surface area contributed by atoms with Gasteiger partial charge in [-0.05, 0) is 19.4 Å². The van der Waals surface area contributed by atoms with Gasteiger partial charge in [-0.15, -0.1) is 0 Å². The van der Waals surface area contributed by atoms with Gasteiger partial charge in [0.25, 0.3) is 0 Å². The minimum atomic E-state index is -0.339. The Morgan fingerprint density at radius 3 is 2.90 bits per heavy atom. The van der Waals surface area contributed by atoms with Gasteiger partial charge in [-0.3, -0.25) is 4.79 Å². The van der Waals surface area contributed by atoms with Crippen LogP contribution in [0.1, 0.15) is 32.1 Å². The number of aromatic nitrogens is 2. The van der Waals surface area contributed by atoms with Gasteiger partial charge in [0.2, 0.25) is 11.7 Å². The van der Waals surface area contributed by atoms with Gasteiger partial charge in [0.1, 0.15) is 17.6 Å². The highest BCUT2D eigenvalue weighted by Gasteiger charge is 2.23. The van der Waals surface area contributed by atoms with Crippen LogP contribution in [0, 0.1) is 0 Å². The fourth-order valence-electron chi connectivity index (χ4n) is 2.27. The van der Waals surface area contributed by atoms with E-state index in [1.807, 2.05) is 31.2 Å². The normalized spacial score (nSPS) is 12.7. The summed E-state index contributed by atoms with van der Waals surface area (Å²) in [5.74, 6) is 0.499. The average molecular weight is 270 g/mol. The molecule has 5 heteroatoms. The lowest BCUT2D eigenvalue weighted by Gasteiger charge is -2.03. The van der Waals surface area contributed by atoms with Crippen LogP contribution in [-0.2, 0) is 4.79 Å². The predicted octanol–water partition coefficient (Wildman–Crippen LogP) is 3.57. The smallest absolute Gasteiger partial charge is 0.237 e. The summed E-state index contributed by atoms with van der Waals surface area (Å²) in [4.78, 5) is 15.9. The van der Waals surface area contributed by atoms with Gasteiger partial charge in [-0.25, -0.2) is 0 Å². The van der Waals surface area contributed by atoms with Crippen LogP contribution in [0.5, 0.6) is 0 Å². The predicted molar refractivity (Wildman–Crippen MR) is 73.2 cm³/mol. The Labute approximate surface area is 115 Å². The molecule has 0 saturated heterocycles. The van der Waals surface area contributed by atoms with Crippen molar-refractivity contribution in [2.45, 2.75) is 26.2 Å². The van der Waals surface area contributed by atoms with Crippen molar-refractivity contribution in [1.82, 2.24) is 10.1 Å². The van der Waals surface area contributed by atoms with Crippen LogP contribution in [0.25, 0.3) is 22.4 Å². The highest BCUT2D eigenvalue weighted by atomic mass is 16.5. The Balaban J connectivity index is 2.04. The quantitative estimate of drug-likeness (QED) is 0.725. The molecule has 20 heavy (non-hydrogen) atoms. The number of hydrogen-bond acceptors (Lipinski definition) is 5. The molecular weight excluding hydrogens is 256 g/mol. The van der Waals surface area contributed by atoms with Crippen LogP contribution >= 0.6 is 0 Å². The van der Waals surface area contributed by atoms with Crippen molar-refractivity contribution in [3.8, 4) is 11.4 Å².